The second-order valence-corrected chi connectivity index (χ2v) is 6.74. The first-order valence-corrected chi connectivity index (χ1v) is 7.57. The zero-order valence-electron chi connectivity index (χ0n) is 10.6. The van der Waals surface area contributed by atoms with E-state index in [1.54, 1.807) is 40.5 Å². The van der Waals surface area contributed by atoms with E-state index in [0.717, 1.165) is 8.66 Å². The molecular weight excluding hydrogens is 356 g/mol. The molecule has 3 aromatic heterocycles. The number of nitrogens with zero attached hydrogens (tertiary/aromatic N) is 4. The van der Waals surface area contributed by atoms with Crippen LogP contribution in [-0.2, 0) is 6.54 Å². The van der Waals surface area contributed by atoms with Crippen molar-refractivity contribution in [2.75, 3.05) is 0 Å². The van der Waals surface area contributed by atoms with E-state index in [9.17, 15) is 9.90 Å². The number of halogens is 1. The van der Waals surface area contributed by atoms with Crippen LogP contribution in [0.4, 0.5) is 0 Å². The van der Waals surface area contributed by atoms with E-state index in [1.807, 2.05) is 12.1 Å². The summed E-state index contributed by atoms with van der Waals surface area (Å²) >= 11 is 4.98. The third-order valence-electron chi connectivity index (χ3n) is 2.81. The highest BCUT2D eigenvalue weighted by Gasteiger charge is 2.21. The normalized spacial score (nSPS) is 10.7. The van der Waals surface area contributed by atoms with E-state index in [4.69, 9.17) is 0 Å². The van der Waals surface area contributed by atoms with Crippen LogP contribution in [0.5, 0.6) is 0 Å². The summed E-state index contributed by atoms with van der Waals surface area (Å²) in [5.74, 6) is -1.10. The van der Waals surface area contributed by atoms with Gasteiger partial charge >= 0.3 is 5.97 Å². The van der Waals surface area contributed by atoms with Crippen molar-refractivity contribution in [3.05, 3.63) is 51.0 Å². The lowest BCUT2D eigenvalue weighted by molar-refractivity contribution is 0.0691. The Morgan fingerprint density at radius 1 is 1.38 bits per heavy atom. The second kappa shape index (κ2) is 5.74. The Labute approximate surface area is 132 Å². The number of rotatable bonds is 4. The summed E-state index contributed by atoms with van der Waals surface area (Å²) < 4.78 is 2.60. The monoisotopic (exact) mass is 364 g/mol. The topological polar surface area (TPSA) is 80.9 Å². The summed E-state index contributed by atoms with van der Waals surface area (Å²) in [6, 6.07) is 7.45. The van der Waals surface area contributed by atoms with Gasteiger partial charge in [0.05, 0.1) is 10.3 Å². The Kier molecular flexibility index (Phi) is 3.80. The fourth-order valence-corrected chi connectivity index (χ4v) is 3.41. The molecular formula is C13H9BrN4O2S. The van der Waals surface area contributed by atoms with Crippen LogP contribution >= 0.6 is 27.3 Å². The largest absolute Gasteiger partial charge is 0.476 e. The molecule has 0 aliphatic carbocycles. The Balaban J connectivity index is 2.07. The molecule has 0 fully saturated rings. The summed E-state index contributed by atoms with van der Waals surface area (Å²) in [4.78, 5) is 16.4. The SMILES string of the molecule is O=C(O)c1nnn(Cc2ccc(Br)s2)c1-c1cccnc1. The number of carbonyl (C=O) groups is 1. The molecule has 106 valence electrons. The molecule has 0 unspecified atom stereocenters. The highest BCUT2D eigenvalue weighted by Crippen LogP contribution is 2.26. The quantitative estimate of drug-likeness (QED) is 0.769. The molecule has 3 heterocycles. The van der Waals surface area contributed by atoms with E-state index in [-0.39, 0.29) is 5.69 Å². The van der Waals surface area contributed by atoms with Gasteiger partial charge in [-0.2, -0.15) is 0 Å². The number of carboxylic acids is 1. The Hall–Kier alpha value is -2.06. The van der Waals surface area contributed by atoms with Crippen LogP contribution in [0.2, 0.25) is 0 Å². The molecule has 0 atom stereocenters. The van der Waals surface area contributed by atoms with Gasteiger partial charge in [-0.3, -0.25) is 4.98 Å². The molecule has 0 radical (unpaired) electrons. The summed E-state index contributed by atoms with van der Waals surface area (Å²) in [5.41, 5.74) is 1.06. The lowest BCUT2D eigenvalue weighted by atomic mass is 10.1. The molecule has 0 saturated heterocycles. The molecule has 0 amide bonds. The molecule has 3 aromatic rings. The van der Waals surface area contributed by atoms with E-state index in [2.05, 4.69) is 31.2 Å². The fourth-order valence-electron chi connectivity index (χ4n) is 1.94. The van der Waals surface area contributed by atoms with Crippen molar-refractivity contribution in [3.63, 3.8) is 0 Å². The smallest absolute Gasteiger partial charge is 0.358 e. The van der Waals surface area contributed by atoms with Gasteiger partial charge in [0.1, 0.15) is 5.69 Å². The van der Waals surface area contributed by atoms with Crippen molar-refractivity contribution in [2.45, 2.75) is 6.54 Å². The van der Waals surface area contributed by atoms with Crippen molar-refractivity contribution in [2.24, 2.45) is 0 Å². The maximum absolute atomic E-state index is 11.3. The van der Waals surface area contributed by atoms with Gasteiger partial charge in [0.2, 0.25) is 0 Å². The van der Waals surface area contributed by atoms with Gasteiger partial charge in [0.15, 0.2) is 5.69 Å². The van der Waals surface area contributed by atoms with Crippen molar-refractivity contribution < 1.29 is 9.90 Å². The number of carboxylic acid groups (broad SMARTS) is 1. The molecule has 1 N–H and O–H groups in total. The molecule has 21 heavy (non-hydrogen) atoms. The molecule has 0 aliphatic rings. The summed E-state index contributed by atoms with van der Waals surface area (Å²) in [6.45, 7) is 0.459. The average Bonchev–Trinajstić information content (AvgIpc) is 3.07. The third kappa shape index (κ3) is 2.86. The van der Waals surface area contributed by atoms with Crippen LogP contribution in [0.1, 0.15) is 15.4 Å². The Morgan fingerprint density at radius 2 is 2.24 bits per heavy atom. The molecule has 6 nitrogen and oxygen atoms in total. The van der Waals surface area contributed by atoms with Gasteiger partial charge in [0, 0.05) is 22.8 Å². The van der Waals surface area contributed by atoms with Crippen LogP contribution < -0.4 is 0 Å². The number of aromatic nitrogens is 4. The zero-order chi connectivity index (χ0) is 14.8. The minimum atomic E-state index is -1.10. The first-order valence-electron chi connectivity index (χ1n) is 5.96. The van der Waals surface area contributed by atoms with E-state index in [0.29, 0.717) is 17.8 Å². The molecule has 0 aromatic carbocycles. The van der Waals surface area contributed by atoms with Crippen LogP contribution in [0.15, 0.2) is 40.4 Å². The molecule has 0 bridgehead atoms. The van der Waals surface area contributed by atoms with E-state index >= 15 is 0 Å². The summed E-state index contributed by atoms with van der Waals surface area (Å²) in [7, 11) is 0. The highest BCUT2D eigenvalue weighted by atomic mass is 79.9. The van der Waals surface area contributed by atoms with E-state index < -0.39 is 5.97 Å². The number of hydrogen-bond acceptors (Lipinski definition) is 5. The zero-order valence-corrected chi connectivity index (χ0v) is 13.0. The molecule has 0 saturated carbocycles. The van der Waals surface area contributed by atoms with Crippen LogP contribution in [0.3, 0.4) is 0 Å². The van der Waals surface area contributed by atoms with Gasteiger partial charge in [-0.1, -0.05) is 5.21 Å². The maximum atomic E-state index is 11.3. The summed E-state index contributed by atoms with van der Waals surface area (Å²) in [6.07, 6.45) is 3.24. The minimum absolute atomic E-state index is 0.0707. The number of aromatic carboxylic acids is 1. The summed E-state index contributed by atoms with van der Waals surface area (Å²) in [5, 5.41) is 17.0. The number of pyridine rings is 1. The van der Waals surface area contributed by atoms with E-state index in [1.165, 1.54) is 0 Å². The van der Waals surface area contributed by atoms with Crippen molar-refractivity contribution in [1.82, 2.24) is 20.0 Å². The molecule has 0 spiro atoms. The second-order valence-electron chi connectivity index (χ2n) is 4.20. The first-order chi connectivity index (χ1) is 10.1. The highest BCUT2D eigenvalue weighted by molar-refractivity contribution is 9.11. The van der Waals surface area contributed by atoms with Crippen LogP contribution in [-0.4, -0.2) is 31.1 Å². The minimum Gasteiger partial charge on any atom is -0.476 e. The van der Waals surface area contributed by atoms with Gasteiger partial charge < -0.3 is 5.11 Å². The van der Waals surface area contributed by atoms with Crippen LogP contribution in [0, 0.1) is 0 Å². The van der Waals surface area contributed by atoms with Crippen molar-refractivity contribution >= 4 is 33.2 Å². The Morgan fingerprint density at radius 3 is 2.86 bits per heavy atom. The maximum Gasteiger partial charge on any atom is 0.358 e. The standard InChI is InChI=1S/C13H9BrN4O2S/c14-10-4-3-9(21-10)7-18-12(8-2-1-5-15-6-8)11(13(19)20)16-17-18/h1-6H,7H2,(H,19,20). The van der Waals surface area contributed by atoms with Gasteiger partial charge in [-0.15, -0.1) is 16.4 Å². The first kappa shape index (κ1) is 13.9. The average molecular weight is 365 g/mol. The lowest BCUT2D eigenvalue weighted by Crippen LogP contribution is -2.05. The Bertz CT molecular complexity index is 785. The fraction of sp³-hybridized carbons (Fsp3) is 0.0769. The lowest BCUT2D eigenvalue weighted by Gasteiger charge is -2.05. The predicted octanol–water partition coefficient (Wildman–Crippen LogP) is 2.91. The van der Waals surface area contributed by atoms with Crippen LogP contribution in [0.25, 0.3) is 11.3 Å². The molecule has 3 rings (SSSR count). The van der Waals surface area contributed by atoms with Gasteiger partial charge in [0.25, 0.3) is 0 Å². The third-order valence-corrected chi connectivity index (χ3v) is 4.42. The molecule has 0 aliphatic heterocycles. The van der Waals surface area contributed by atoms with Crippen molar-refractivity contribution in [3.8, 4) is 11.3 Å². The number of hydrogen-bond donors (Lipinski definition) is 1. The predicted molar refractivity (Wildman–Crippen MR) is 81.3 cm³/mol. The molecule has 8 heteroatoms. The van der Waals surface area contributed by atoms with Gasteiger partial charge in [-0.05, 0) is 40.2 Å². The number of thiophene rings is 1. The van der Waals surface area contributed by atoms with Gasteiger partial charge in [-0.25, -0.2) is 9.48 Å². The van der Waals surface area contributed by atoms with Crippen molar-refractivity contribution in [1.29, 1.82) is 0 Å².